The van der Waals surface area contributed by atoms with Gasteiger partial charge in [-0.05, 0) is 37.0 Å². The van der Waals surface area contributed by atoms with Gasteiger partial charge in [0.25, 0.3) is 0 Å². The lowest BCUT2D eigenvalue weighted by Crippen LogP contribution is -2.37. The molecule has 0 aliphatic carbocycles. The van der Waals surface area contributed by atoms with Crippen LogP contribution in [0.25, 0.3) is 22.4 Å². The van der Waals surface area contributed by atoms with Crippen LogP contribution in [-0.2, 0) is 15.5 Å². The van der Waals surface area contributed by atoms with Crippen LogP contribution in [-0.4, -0.2) is 53.5 Å². The molecule has 180 valence electrons. The van der Waals surface area contributed by atoms with Gasteiger partial charge in [-0.15, -0.1) is 0 Å². The standard InChI is InChI=1S/C24H25N6O4P/c31-35(32,33)34-18-10-12-29(13-11-18)24-25-14-17(15-26-24)19-6-7-20-23(28-19)30-21(8-9-22(30)27-20)16-4-2-1-3-5-16/h1-7,14-15,18,21H,8-13H2,(H2,31,32,33). The molecule has 11 heteroatoms. The zero-order valence-corrected chi connectivity index (χ0v) is 19.8. The zero-order chi connectivity index (χ0) is 24.0. The van der Waals surface area contributed by atoms with E-state index in [-0.39, 0.29) is 6.04 Å². The molecule has 1 aromatic carbocycles. The Kier molecular flexibility index (Phi) is 5.61. The van der Waals surface area contributed by atoms with Crippen LogP contribution in [0.15, 0.2) is 54.9 Å². The van der Waals surface area contributed by atoms with Crippen LogP contribution < -0.4 is 4.90 Å². The number of pyridine rings is 1. The van der Waals surface area contributed by atoms with E-state index in [0.717, 1.165) is 41.1 Å². The maximum absolute atomic E-state index is 11.1. The fourth-order valence-electron chi connectivity index (χ4n) is 5.04. The average Bonchev–Trinajstić information content (AvgIpc) is 3.43. The molecule has 2 aliphatic heterocycles. The first-order valence-corrected chi connectivity index (χ1v) is 13.2. The largest absolute Gasteiger partial charge is 0.469 e. The topological polar surface area (TPSA) is 126 Å². The molecule has 3 aromatic heterocycles. The Morgan fingerprint density at radius 3 is 2.40 bits per heavy atom. The molecule has 0 radical (unpaired) electrons. The van der Waals surface area contributed by atoms with Crippen molar-refractivity contribution in [3.63, 3.8) is 0 Å². The smallest absolute Gasteiger partial charge is 0.341 e. The number of phosphoric acid groups is 1. The highest BCUT2D eigenvalue weighted by atomic mass is 31.2. The van der Waals surface area contributed by atoms with Crippen molar-refractivity contribution in [2.75, 3.05) is 18.0 Å². The van der Waals surface area contributed by atoms with Crippen molar-refractivity contribution in [3.8, 4) is 11.3 Å². The predicted octanol–water partition coefficient (Wildman–Crippen LogP) is 3.50. The fraction of sp³-hybridized carbons (Fsp3) is 0.333. The molecule has 1 unspecified atom stereocenters. The summed E-state index contributed by atoms with van der Waals surface area (Å²) in [5.41, 5.74) is 4.64. The summed E-state index contributed by atoms with van der Waals surface area (Å²) >= 11 is 0. The summed E-state index contributed by atoms with van der Waals surface area (Å²) in [6.45, 7) is 1.13. The van der Waals surface area contributed by atoms with Gasteiger partial charge in [0.05, 0.1) is 17.8 Å². The number of rotatable bonds is 5. The van der Waals surface area contributed by atoms with Gasteiger partial charge in [0.1, 0.15) is 11.3 Å². The SMILES string of the molecule is O=P(O)(O)OC1CCN(c2ncc(-c3ccc4nc5n(c4n3)C(c3ccccc3)CC5)cn2)CC1. The first kappa shape index (κ1) is 22.3. The Balaban J connectivity index is 1.23. The number of piperidine rings is 1. The third-order valence-corrected chi connectivity index (χ3v) is 7.27. The van der Waals surface area contributed by atoms with Crippen molar-refractivity contribution in [1.29, 1.82) is 0 Å². The number of hydrogen-bond donors (Lipinski definition) is 2. The van der Waals surface area contributed by atoms with Gasteiger partial charge in [-0.25, -0.2) is 24.5 Å². The molecule has 0 bridgehead atoms. The van der Waals surface area contributed by atoms with Gasteiger partial charge >= 0.3 is 7.82 Å². The molecule has 0 saturated carbocycles. The lowest BCUT2D eigenvalue weighted by Gasteiger charge is -2.31. The second kappa shape index (κ2) is 8.80. The van der Waals surface area contributed by atoms with Gasteiger partial charge < -0.3 is 19.3 Å². The summed E-state index contributed by atoms with van der Waals surface area (Å²) < 4.78 is 18.1. The van der Waals surface area contributed by atoms with E-state index in [1.54, 1.807) is 12.4 Å². The van der Waals surface area contributed by atoms with Crippen LogP contribution in [0.3, 0.4) is 0 Å². The minimum atomic E-state index is -4.47. The molecule has 1 atom stereocenters. The zero-order valence-electron chi connectivity index (χ0n) is 18.9. The summed E-state index contributed by atoms with van der Waals surface area (Å²) in [6.07, 6.45) is 6.03. The van der Waals surface area contributed by atoms with Crippen LogP contribution in [0.2, 0.25) is 0 Å². The summed E-state index contributed by atoms with van der Waals surface area (Å²) in [7, 11) is -4.47. The number of anilines is 1. The molecular weight excluding hydrogens is 467 g/mol. The number of hydrogen-bond acceptors (Lipinski definition) is 7. The minimum absolute atomic E-state index is 0.232. The molecule has 0 amide bonds. The average molecular weight is 492 g/mol. The van der Waals surface area contributed by atoms with E-state index in [1.807, 2.05) is 23.1 Å². The van der Waals surface area contributed by atoms with E-state index in [2.05, 4.69) is 38.8 Å². The van der Waals surface area contributed by atoms with Gasteiger partial charge in [0, 0.05) is 37.5 Å². The molecular formula is C24H25N6O4P. The lowest BCUT2D eigenvalue weighted by molar-refractivity contribution is 0.114. The Morgan fingerprint density at radius 2 is 1.69 bits per heavy atom. The monoisotopic (exact) mass is 492 g/mol. The second-order valence-corrected chi connectivity index (χ2v) is 10.1. The van der Waals surface area contributed by atoms with Crippen LogP contribution in [0, 0.1) is 0 Å². The molecule has 35 heavy (non-hydrogen) atoms. The highest BCUT2D eigenvalue weighted by Crippen LogP contribution is 2.40. The van der Waals surface area contributed by atoms with Crippen LogP contribution in [0.1, 0.15) is 36.7 Å². The van der Waals surface area contributed by atoms with E-state index < -0.39 is 13.9 Å². The number of imidazole rings is 1. The van der Waals surface area contributed by atoms with Crippen LogP contribution in [0.4, 0.5) is 5.95 Å². The predicted molar refractivity (Wildman–Crippen MR) is 130 cm³/mol. The van der Waals surface area contributed by atoms with Gasteiger partial charge in [-0.3, -0.25) is 4.52 Å². The number of phosphoric ester groups is 1. The number of aromatic nitrogens is 5. The van der Waals surface area contributed by atoms with Gasteiger partial charge in [-0.1, -0.05) is 30.3 Å². The van der Waals surface area contributed by atoms with Crippen molar-refractivity contribution in [3.05, 3.63) is 66.2 Å². The highest BCUT2D eigenvalue weighted by Gasteiger charge is 2.29. The van der Waals surface area contributed by atoms with E-state index in [4.69, 9.17) is 24.3 Å². The van der Waals surface area contributed by atoms with Gasteiger partial charge in [0.15, 0.2) is 5.65 Å². The Morgan fingerprint density at radius 1 is 0.943 bits per heavy atom. The van der Waals surface area contributed by atoms with E-state index in [9.17, 15) is 4.57 Å². The Hall–Kier alpha value is -3.17. The molecule has 0 spiro atoms. The van der Waals surface area contributed by atoms with Gasteiger partial charge in [-0.2, -0.15) is 0 Å². The van der Waals surface area contributed by atoms with Crippen molar-refractivity contribution < 1.29 is 18.9 Å². The molecule has 1 fully saturated rings. The summed E-state index contributed by atoms with van der Waals surface area (Å²) in [6, 6.07) is 14.7. The van der Waals surface area contributed by atoms with Crippen molar-refractivity contribution in [1.82, 2.24) is 24.5 Å². The number of fused-ring (bicyclic) bond motifs is 3. The van der Waals surface area contributed by atoms with Crippen molar-refractivity contribution in [2.45, 2.75) is 37.8 Å². The molecule has 4 aromatic rings. The number of benzene rings is 1. The van der Waals surface area contributed by atoms with E-state index in [0.29, 0.717) is 31.9 Å². The molecule has 5 heterocycles. The second-order valence-electron chi connectivity index (χ2n) is 8.96. The third-order valence-electron chi connectivity index (χ3n) is 6.69. The normalized spacial score (nSPS) is 18.8. The van der Waals surface area contributed by atoms with Crippen molar-refractivity contribution >= 4 is 24.9 Å². The maximum atomic E-state index is 11.1. The molecule has 2 aliphatic rings. The van der Waals surface area contributed by atoms with Gasteiger partial charge in [0.2, 0.25) is 5.95 Å². The lowest BCUT2D eigenvalue weighted by atomic mass is 10.0. The summed E-state index contributed by atoms with van der Waals surface area (Å²) in [5.74, 6) is 1.65. The quantitative estimate of drug-likeness (QED) is 0.403. The van der Waals surface area contributed by atoms with E-state index in [1.165, 1.54) is 5.56 Å². The summed E-state index contributed by atoms with van der Waals surface area (Å²) in [5, 5.41) is 0. The fourth-order valence-corrected chi connectivity index (χ4v) is 5.64. The first-order chi connectivity index (χ1) is 16.9. The van der Waals surface area contributed by atoms with Crippen LogP contribution in [0.5, 0.6) is 0 Å². The Bertz CT molecular complexity index is 1400. The Labute approximate surface area is 201 Å². The molecule has 10 nitrogen and oxygen atoms in total. The highest BCUT2D eigenvalue weighted by molar-refractivity contribution is 7.46. The van der Waals surface area contributed by atoms with E-state index >= 15 is 0 Å². The number of aryl methyl sites for hydroxylation is 1. The third kappa shape index (κ3) is 4.46. The number of nitrogens with zero attached hydrogens (tertiary/aromatic N) is 6. The van der Waals surface area contributed by atoms with Crippen LogP contribution >= 0.6 is 7.82 Å². The minimum Gasteiger partial charge on any atom is -0.341 e. The molecule has 1 saturated heterocycles. The summed E-state index contributed by atoms with van der Waals surface area (Å²) in [4.78, 5) is 38.9. The van der Waals surface area contributed by atoms with Crippen molar-refractivity contribution in [2.24, 2.45) is 0 Å². The molecule has 2 N–H and O–H groups in total. The first-order valence-electron chi connectivity index (χ1n) is 11.7. The molecule has 6 rings (SSSR count). The maximum Gasteiger partial charge on any atom is 0.469 e.